The minimum Gasteiger partial charge on any atom is -0.264 e. The lowest BCUT2D eigenvalue weighted by Crippen LogP contribution is -1.87. The molecule has 0 aliphatic rings. The van der Waals surface area contributed by atoms with Crippen molar-refractivity contribution in [2.24, 2.45) is 15.9 Å². The number of hydrogen-bond acceptors (Lipinski definition) is 2. The molecule has 1 rings (SSSR count). The zero-order chi connectivity index (χ0) is 14.0. The third-order valence-corrected chi connectivity index (χ3v) is 2.32. The van der Waals surface area contributed by atoms with E-state index >= 15 is 0 Å². The van der Waals surface area contributed by atoms with E-state index in [0.717, 1.165) is 5.70 Å². The Morgan fingerprint density at radius 3 is 2.33 bits per heavy atom. The van der Waals surface area contributed by atoms with Gasteiger partial charge in [-0.3, -0.25) is 9.98 Å². The van der Waals surface area contributed by atoms with E-state index in [4.69, 9.17) is 0 Å². The van der Waals surface area contributed by atoms with E-state index in [-0.39, 0.29) is 0 Å². The maximum Gasteiger partial charge on any atom is 0.114 e. The molecule has 0 fully saturated rings. The monoisotopic (exact) mass is 245 g/mol. The summed E-state index contributed by atoms with van der Waals surface area (Å²) in [6.45, 7) is 15.3. The Balaban J connectivity index is 0.000000321. The van der Waals surface area contributed by atoms with Gasteiger partial charge in [0, 0.05) is 18.1 Å². The first-order chi connectivity index (χ1) is 8.49. The molecule has 1 heterocycles. The van der Waals surface area contributed by atoms with Crippen LogP contribution in [0.15, 0.2) is 46.8 Å². The smallest absolute Gasteiger partial charge is 0.114 e. The summed E-state index contributed by atoms with van der Waals surface area (Å²) in [4.78, 5) is 11.4. The molecule has 3 heteroatoms. The summed E-state index contributed by atoms with van der Waals surface area (Å²) in [7, 11) is 0. The van der Waals surface area contributed by atoms with Gasteiger partial charge in [-0.15, -0.1) is 0 Å². The molecule has 0 bridgehead atoms. The molecule has 98 valence electrons. The van der Waals surface area contributed by atoms with Crippen molar-refractivity contribution >= 4 is 13.1 Å². The summed E-state index contributed by atoms with van der Waals surface area (Å²) in [5, 5.41) is 0. The van der Waals surface area contributed by atoms with Crippen molar-refractivity contribution < 1.29 is 0 Å². The lowest BCUT2D eigenvalue weighted by Gasteiger charge is -2.00. The molecule has 0 N–H and O–H groups in total. The molecule has 0 aromatic carbocycles. The molecule has 0 aliphatic heterocycles. The van der Waals surface area contributed by atoms with Crippen molar-refractivity contribution in [3.05, 3.63) is 42.4 Å². The van der Waals surface area contributed by atoms with Crippen LogP contribution in [0.2, 0.25) is 0 Å². The summed E-state index contributed by atoms with van der Waals surface area (Å²) in [5.74, 6) is 0.988. The van der Waals surface area contributed by atoms with Crippen LogP contribution in [-0.2, 0) is 0 Å². The number of rotatable bonds is 4. The lowest BCUT2D eigenvalue weighted by atomic mass is 10.1. The van der Waals surface area contributed by atoms with Crippen molar-refractivity contribution in [1.82, 2.24) is 4.98 Å². The largest absolute Gasteiger partial charge is 0.264 e. The third-order valence-electron chi connectivity index (χ3n) is 2.32. The van der Waals surface area contributed by atoms with Gasteiger partial charge in [0.1, 0.15) is 6.34 Å². The Bertz CT molecular complexity index is 378. The molecule has 0 unspecified atom stereocenters. The Morgan fingerprint density at radius 2 is 2.00 bits per heavy atom. The molecule has 0 spiro atoms. The number of hydrogen-bond donors (Lipinski definition) is 0. The van der Waals surface area contributed by atoms with Crippen LogP contribution in [0.1, 0.15) is 39.2 Å². The number of allylic oxidation sites excluding steroid dienone is 1. The SMILES string of the molecule is C=NC=NC(=C)C(C)C.CC(C)c1cccnc1. The third kappa shape index (κ3) is 7.49. The molecule has 0 amide bonds. The summed E-state index contributed by atoms with van der Waals surface area (Å²) in [6, 6.07) is 4.06. The molecule has 0 saturated carbocycles. The average molecular weight is 245 g/mol. The number of aliphatic imine (C=N–C) groups is 2. The first kappa shape index (κ1) is 16.2. The second-order valence-corrected chi connectivity index (χ2v) is 4.51. The molecule has 3 nitrogen and oxygen atoms in total. The molecule has 18 heavy (non-hydrogen) atoms. The van der Waals surface area contributed by atoms with Gasteiger partial charge in [0.2, 0.25) is 0 Å². The molecular formula is C15H23N3. The van der Waals surface area contributed by atoms with Gasteiger partial charge in [-0.2, -0.15) is 0 Å². The zero-order valence-electron chi connectivity index (χ0n) is 11.8. The van der Waals surface area contributed by atoms with Crippen LogP contribution in [0.5, 0.6) is 0 Å². The van der Waals surface area contributed by atoms with Gasteiger partial charge in [-0.25, -0.2) is 4.99 Å². The standard InChI is InChI=1S/C8H11N.C7H12N2/c1-7(2)8-4-3-5-9-6-8;1-6(2)7(3)9-5-8-4/h3-7H,1-2H3;5-6H,3-4H2,1-2H3. The van der Waals surface area contributed by atoms with Gasteiger partial charge < -0.3 is 0 Å². The van der Waals surface area contributed by atoms with Crippen LogP contribution < -0.4 is 0 Å². The summed E-state index contributed by atoms with van der Waals surface area (Å²) < 4.78 is 0. The first-order valence-electron chi connectivity index (χ1n) is 6.06. The quantitative estimate of drug-likeness (QED) is 0.581. The van der Waals surface area contributed by atoms with Crippen molar-refractivity contribution in [1.29, 1.82) is 0 Å². The molecule has 0 aliphatic carbocycles. The van der Waals surface area contributed by atoms with Crippen molar-refractivity contribution in [2.75, 3.05) is 0 Å². The number of nitrogens with zero attached hydrogens (tertiary/aromatic N) is 3. The van der Waals surface area contributed by atoms with E-state index in [1.807, 2.05) is 26.1 Å². The molecule has 1 aromatic rings. The predicted molar refractivity (Wildman–Crippen MR) is 80.3 cm³/mol. The Labute approximate surface area is 110 Å². The fraction of sp³-hybridized carbons (Fsp3) is 0.400. The van der Waals surface area contributed by atoms with Gasteiger partial charge in [0.15, 0.2) is 0 Å². The maximum atomic E-state index is 4.01. The van der Waals surface area contributed by atoms with Gasteiger partial charge in [0.25, 0.3) is 0 Å². The van der Waals surface area contributed by atoms with Crippen molar-refractivity contribution in [2.45, 2.75) is 33.6 Å². The van der Waals surface area contributed by atoms with Gasteiger partial charge >= 0.3 is 0 Å². The van der Waals surface area contributed by atoms with E-state index < -0.39 is 0 Å². The second-order valence-electron chi connectivity index (χ2n) is 4.51. The fourth-order valence-electron chi connectivity index (χ4n) is 0.982. The predicted octanol–water partition coefficient (Wildman–Crippen LogP) is 4.09. The molecule has 1 aromatic heterocycles. The van der Waals surface area contributed by atoms with E-state index in [2.05, 4.69) is 48.2 Å². The van der Waals surface area contributed by atoms with E-state index in [1.165, 1.54) is 11.9 Å². The minimum absolute atomic E-state index is 0.392. The summed E-state index contributed by atoms with van der Waals surface area (Å²) >= 11 is 0. The van der Waals surface area contributed by atoms with Crippen LogP contribution >= 0.6 is 0 Å². The first-order valence-corrected chi connectivity index (χ1v) is 6.06. The normalized spacial score (nSPS) is 10.3. The van der Waals surface area contributed by atoms with Gasteiger partial charge in [-0.05, 0) is 30.2 Å². The van der Waals surface area contributed by atoms with Crippen LogP contribution in [-0.4, -0.2) is 18.0 Å². The van der Waals surface area contributed by atoms with Crippen molar-refractivity contribution in [3.63, 3.8) is 0 Å². The summed E-state index contributed by atoms with van der Waals surface area (Å²) in [6.07, 6.45) is 5.11. The highest BCUT2D eigenvalue weighted by Crippen LogP contribution is 2.10. The van der Waals surface area contributed by atoms with E-state index in [9.17, 15) is 0 Å². The van der Waals surface area contributed by atoms with Crippen LogP contribution in [0.3, 0.4) is 0 Å². The Hall–Kier alpha value is -1.77. The van der Waals surface area contributed by atoms with Crippen LogP contribution in [0, 0.1) is 5.92 Å². The van der Waals surface area contributed by atoms with Gasteiger partial charge in [0.05, 0.1) is 0 Å². The zero-order valence-corrected chi connectivity index (χ0v) is 11.8. The number of pyridine rings is 1. The highest BCUT2D eigenvalue weighted by atomic mass is 14.8. The van der Waals surface area contributed by atoms with Gasteiger partial charge in [-0.1, -0.05) is 40.3 Å². The Kier molecular flexibility index (Phi) is 8.37. The molecule has 0 atom stereocenters. The van der Waals surface area contributed by atoms with E-state index in [1.54, 1.807) is 6.20 Å². The van der Waals surface area contributed by atoms with Crippen LogP contribution in [0.4, 0.5) is 0 Å². The minimum atomic E-state index is 0.392. The molecular weight excluding hydrogens is 222 g/mol. The summed E-state index contributed by atoms with van der Waals surface area (Å²) in [5.41, 5.74) is 2.14. The van der Waals surface area contributed by atoms with Crippen molar-refractivity contribution in [3.8, 4) is 0 Å². The maximum absolute atomic E-state index is 4.01. The topological polar surface area (TPSA) is 37.6 Å². The second kappa shape index (κ2) is 9.28. The lowest BCUT2D eigenvalue weighted by molar-refractivity contribution is 0.763. The fourth-order valence-corrected chi connectivity index (χ4v) is 0.982. The average Bonchev–Trinajstić information content (AvgIpc) is 2.37. The Morgan fingerprint density at radius 1 is 1.33 bits per heavy atom. The molecule has 0 radical (unpaired) electrons. The highest BCUT2D eigenvalue weighted by molar-refractivity contribution is 5.63. The number of aromatic nitrogens is 1. The highest BCUT2D eigenvalue weighted by Gasteiger charge is 1.94. The van der Waals surface area contributed by atoms with E-state index in [0.29, 0.717) is 11.8 Å². The van der Waals surface area contributed by atoms with Crippen LogP contribution in [0.25, 0.3) is 0 Å². The molecule has 0 saturated heterocycles.